The predicted molar refractivity (Wildman–Crippen MR) is 76.7 cm³/mol. The van der Waals surface area contributed by atoms with Crippen LogP contribution in [0.1, 0.15) is 50.3 Å². The molecule has 3 rings (SSSR count). The molecule has 3 nitrogen and oxygen atoms in total. The fraction of sp³-hybridized carbons (Fsp3) is 0.688. The molecule has 2 aliphatic carbocycles. The van der Waals surface area contributed by atoms with Gasteiger partial charge in [0.1, 0.15) is 0 Å². The number of rotatable bonds is 3. The topological polar surface area (TPSA) is 38.0 Å². The van der Waals surface area contributed by atoms with Crippen LogP contribution in [0.5, 0.6) is 0 Å². The molecule has 0 aromatic carbocycles. The molecule has 104 valence electrons. The molecule has 1 heterocycles. The summed E-state index contributed by atoms with van der Waals surface area (Å²) in [6.45, 7) is 2.75. The second-order valence-electron chi connectivity index (χ2n) is 6.40. The standard InChI is InChI=1S/C16H24N2O/c1-16-10-12-11-17-18(2)15(12)9-14(16)6-3-5-13(16)7-4-8-19/h9,11,13,19H,3-8,10H2,1-2H3/t13-,16-/m1/s1. The van der Waals surface area contributed by atoms with Crippen molar-refractivity contribution >= 4 is 6.08 Å². The fourth-order valence-electron chi connectivity index (χ4n) is 4.08. The van der Waals surface area contributed by atoms with E-state index < -0.39 is 0 Å². The zero-order valence-electron chi connectivity index (χ0n) is 12.0. The Morgan fingerprint density at radius 2 is 2.37 bits per heavy atom. The number of aryl methyl sites for hydroxylation is 1. The second kappa shape index (κ2) is 4.78. The van der Waals surface area contributed by atoms with E-state index in [0.29, 0.717) is 17.9 Å². The van der Waals surface area contributed by atoms with E-state index >= 15 is 0 Å². The highest BCUT2D eigenvalue weighted by atomic mass is 16.2. The van der Waals surface area contributed by atoms with Crippen LogP contribution >= 0.6 is 0 Å². The van der Waals surface area contributed by atoms with Crippen molar-refractivity contribution in [1.82, 2.24) is 9.78 Å². The van der Waals surface area contributed by atoms with Gasteiger partial charge in [0.25, 0.3) is 0 Å². The molecule has 2 aliphatic rings. The summed E-state index contributed by atoms with van der Waals surface area (Å²) in [5, 5.41) is 13.5. The normalized spacial score (nSPS) is 29.6. The van der Waals surface area contributed by atoms with Crippen molar-refractivity contribution in [2.75, 3.05) is 6.61 Å². The third-order valence-electron chi connectivity index (χ3n) is 5.28. The summed E-state index contributed by atoms with van der Waals surface area (Å²) in [6, 6.07) is 0. The number of allylic oxidation sites excluding steroid dienone is 1. The molecule has 2 atom stereocenters. The molecule has 1 aromatic rings. The number of aliphatic hydroxyl groups is 1. The van der Waals surface area contributed by atoms with Crippen LogP contribution in [0.4, 0.5) is 0 Å². The van der Waals surface area contributed by atoms with Crippen LogP contribution in [-0.4, -0.2) is 21.5 Å². The minimum absolute atomic E-state index is 0.295. The van der Waals surface area contributed by atoms with Crippen LogP contribution in [0.3, 0.4) is 0 Å². The van der Waals surface area contributed by atoms with E-state index in [4.69, 9.17) is 5.11 Å². The summed E-state index contributed by atoms with van der Waals surface area (Å²) in [7, 11) is 2.03. The van der Waals surface area contributed by atoms with Gasteiger partial charge >= 0.3 is 0 Å². The van der Waals surface area contributed by atoms with Gasteiger partial charge in [-0.3, -0.25) is 4.68 Å². The van der Waals surface area contributed by atoms with Crippen LogP contribution in [0, 0.1) is 11.3 Å². The Morgan fingerprint density at radius 1 is 1.53 bits per heavy atom. The first-order valence-corrected chi connectivity index (χ1v) is 7.48. The van der Waals surface area contributed by atoms with Gasteiger partial charge in [-0.2, -0.15) is 5.10 Å². The highest BCUT2D eigenvalue weighted by molar-refractivity contribution is 5.59. The summed E-state index contributed by atoms with van der Waals surface area (Å²) in [4.78, 5) is 0. The maximum atomic E-state index is 9.11. The van der Waals surface area contributed by atoms with Gasteiger partial charge in [-0.05, 0) is 61.5 Å². The minimum atomic E-state index is 0.295. The van der Waals surface area contributed by atoms with Crippen LogP contribution < -0.4 is 0 Å². The molecule has 0 aliphatic heterocycles. The van der Waals surface area contributed by atoms with Crippen molar-refractivity contribution in [3.05, 3.63) is 23.0 Å². The average Bonchev–Trinajstić information content (AvgIpc) is 2.74. The molecule has 0 saturated heterocycles. The lowest BCUT2D eigenvalue weighted by Crippen LogP contribution is -2.37. The molecular formula is C16H24N2O. The van der Waals surface area contributed by atoms with Crippen molar-refractivity contribution in [1.29, 1.82) is 0 Å². The lowest BCUT2D eigenvalue weighted by molar-refractivity contribution is 0.155. The van der Waals surface area contributed by atoms with Gasteiger partial charge in [-0.25, -0.2) is 0 Å². The predicted octanol–water partition coefficient (Wildman–Crippen LogP) is 2.94. The van der Waals surface area contributed by atoms with Gasteiger partial charge in [0, 0.05) is 13.7 Å². The first-order valence-electron chi connectivity index (χ1n) is 7.48. The molecular weight excluding hydrogens is 236 g/mol. The summed E-state index contributed by atoms with van der Waals surface area (Å²) in [6.07, 6.45) is 11.5. The smallest absolute Gasteiger partial charge is 0.0638 e. The van der Waals surface area contributed by atoms with Crippen molar-refractivity contribution in [2.24, 2.45) is 18.4 Å². The van der Waals surface area contributed by atoms with Crippen LogP contribution in [-0.2, 0) is 13.5 Å². The lowest BCUT2D eigenvalue weighted by atomic mass is 9.59. The number of hydrogen-bond acceptors (Lipinski definition) is 2. The third kappa shape index (κ3) is 2.04. The molecule has 0 radical (unpaired) electrons. The van der Waals surface area contributed by atoms with E-state index in [9.17, 15) is 0 Å². The van der Waals surface area contributed by atoms with E-state index in [-0.39, 0.29) is 0 Å². The highest BCUT2D eigenvalue weighted by Gasteiger charge is 2.42. The van der Waals surface area contributed by atoms with E-state index in [1.165, 1.54) is 30.5 Å². The Balaban J connectivity index is 1.94. The minimum Gasteiger partial charge on any atom is -0.396 e. The largest absolute Gasteiger partial charge is 0.396 e. The molecule has 3 heteroatoms. The Bertz CT molecular complexity index is 503. The zero-order valence-corrected chi connectivity index (χ0v) is 12.0. The van der Waals surface area contributed by atoms with Gasteiger partial charge in [-0.15, -0.1) is 0 Å². The van der Waals surface area contributed by atoms with Gasteiger partial charge in [0.2, 0.25) is 0 Å². The molecule has 1 fully saturated rings. The van der Waals surface area contributed by atoms with E-state index in [1.54, 1.807) is 5.57 Å². The molecule has 0 spiro atoms. The molecule has 1 aromatic heterocycles. The maximum Gasteiger partial charge on any atom is 0.0638 e. The Morgan fingerprint density at radius 3 is 3.16 bits per heavy atom. The van der Waals surface area contributed by atoms with Crippen molar-refractivity contribution in [3.8, 4) is 0 Å². The Hall–Kier alpha value is -1.09. The second-order valence-corrected chi connectivity index (χ2v) is 6.40. The molecule has 1 N–H and O–H groups in total. The summed E-state index contributed by atoms with van der Waals surface area (Å²) >= 11 is 0. The van der Waals surface area contributed by atoms with Crippen molar-refractivity contribution in [2.45, 2.75) is 45.4 Å². The summed E-state index contributed by atoms with van der Waals surface area (Å²) < 4.78 is 2.00. The number of fused-ring (bicyclic) bond motifs is 2. The zero-order chi connectivity index (χ0) is 13.5. The quantitative estimate of drug-likeness (QED) is 0.907. The Labute approximate surface area is 115 Å². The number of aliphatic hydroxyl groups excluding tert-OH is 1. The molecule has 0 bridgehead atoms. The van der Waals surface area contributed by atoms with E-state index in [0.717, 1.165) is 19.3 Å². The molecule has 0 amide bonds. The maximum absolute atomic E-state index is 9.11. The van der Waals surface area contributed by atoms with Crippen LogP contribution in [0.25, 0.3) is 6.08 Å². The van der Waals surface area contributed by atoms with E-state index in [1.807, 2.05) is 17.9 Å². The van der Waals surface area contributed by atoms with Crippen molar-refractivity contribution in [3.63, 3.8) is 0 Å². The van der Waals surface area contributed by atoms with Gasteiger partial charge in [0.15, 0.2) is 0 Å². The third-order valence-corrected chi connectivity index (χ3v) is 5.28. The number of nitrogens with zero attached hydrogens (tertiary/aromatic N) is 2. The van der Waals surface area contributed by atoms with Crippen LogP contribution in [0.15, 0.2) is 11.8 Å². The monoisotopic (exact) mass is 260 g/mol. The van der Waals surface area contributed by atoms with Crippen LogP contribution in [0.2, 0.25) is 0 Å². The molecule has 0 unspecified atom stereocenters. The number of hydrogen-bond donors (Lipinski definition) is 1. The molecule has 1 saturated carbocycles. The van der Waals surface area contributed by atoms with Gasteiger partial charge in [0.05, 0.1) is 11.9 Å². The molecule has 19 heavy (non-hydrogen) atoms. The fourth-order valence-corrected chi connectivity index (χ4v) is 4.08. The SMILES string of the molecule is Cn1ncc2c1C=C1CCC[C@H](CCCO)[C@@]1(C)C2. The highest BCUT2D eigenvalue weighted by Crippen LogP contribution is 2.52. The van der Waals surface area contributed by atoms with Crippen molar-refractivity contribution < 1.29 is 5.11 Å². The number of aromatic nitrogens is 2. The van der Waals surface area contributed by atoms with Gasteiger partial charge < -0.3 is 5.11 Å². The first kappa shape index (κ1) is 12.9. The lowest BCUT2D eigenvalue weighted by Gasteiger charge is -2.46. The van der Waals surface area contributed by atoms with Gasteiger partial charge in [-0.1, -0.05) is 12.5 Å². The summed E-state index contributed by atoms with van der Waals surface area (Å²) in [5.41, 5.74) is 4.60. The summed E-state index contributed by atoms with van der Waals surface area (Å²) in [5.74, 6) is 0.716. The Kier molecular flexibility index (Phi) is 3.25. The van der Waals surface area contributed by atoms with E-state index in [2.05, 4.69) is 18.1 Å². The average molecular weight is 260 g/mol. The first-order chi connectivity index (χ1) is 9.15.